The lowest BCUT2D eigenvalue weighted by molar-refractivity contribution is -0.136. The van der Waals surface area contributed by atoms with Crippen molar-refractivity contribution in [3.63, 3.8) is 0 Å². The first-order valence-corrected chi connectivity index (χ1v) is 4.69. The van der Waals surface area contributed by atoms with Gasteiger partial charge in [-0.3, -0.25) is 4.98 Å². The van der Waals surface area contributed by atoms with Gasteiger partial charge in [0.25, 0.3) is 0 Å². The summed E-state index contributed by atoms with van der Waals surface area (Å²) in [6.45, 7) is 0. The fourth-order valence-corrected chi connectivity index (χ4v) is 1.42. The van der Waals surface area contributed by atoms with E-state index in [2.05, 4.69) is 4.98 Å². The minimum atomic E-state index is -4.18. The summed E-state index contributed by atoms with van der Waals surface area (Å²) in [5.41, 5.74) is 6.09. The normalized spacial score (nSPS) is 13.9. The first kappa shape index (κ1) is 12.3. The lowest BCUT2D eigenvalue weighted by atomic mass is 10.0. The first-order valence-electron chi connectivity index (χ1n) is 4.32. The molecule has 0 bridgehead atoms. The monoisotopic (exact) mass is 238 g/mol. The zero-order valence-electron chi connectivity index (χ0n) is 7.76. The quantitative estimate of drug-likeness (QED) is 0.879. The molecule has 0 spiro atoms. The van der Waals surface area contributed by atoms with Gasteiger partial charge in [-0.15, -0.1) is 0 Å². The van der Waals surface area contributed by atoms with Crippen molar-refractivity contribution in [1.82, 2.24) is 4.98 Å². The second-order valence-electron chi connectivity index (χ2n) is 3.16. The van der Waals surface area contributed by atoms with E-state index in [1.54, 1.807) is 0 Å². The van der Waals surface area contributed by atoms with E-state index in [1.165, 1.54) is 18.5 Å². The van der Waals surface area contributed by atoms with Crippen molar-refractivity contribution in [3.05, 3.63) is 29.0 Å². The summed E-state index contributed by atoms with van der Waals surface area (Å²) >= 11 is 5.75. The summed E-state index contributed by atoms with van der Waals surface area (Å²) in [5, 5.41) is 0.298. The molecule has 0 aliphatic carbocycles. The molecule has 1 heterocycles. The minimum absolute atomic E-state index is 0.173. The van der Waals surface area contributed by atoms with Gasteiger partial charge in [0.2, 0.25) is 0 Å². The van der Waals surface area contributed by atoms with Crippen LogP contribution in [0.25, 0.3) is 0 Å². The van der Waals surface area contributed by atoms with E-state index in [-0.39, 0.29) is 6.42 Å². The Morgan fingerprint density at radius 3 is 2.67 bits per heavy atom. The number of nitrogens with two attached hydrogens (primary N) is 1. The molecule has 0 fully saturated rings. The lowest BCUT2D eigenvalue weighted by Gasteiger charge is -2.14. The van der Waals surface area contributed by atoms with E-state index < -0.39 is 18.6 Å². The van der Waals surface area contributed by atoms with Crippen LogP contribution in [0.5, 0.6) is 0 Å². The molecule has 0 aliphatic rings. The van der Waals surface area contributed by atoms with Crippen LogP contribution in [-0.4, -0.2) is 11.2 Å². The smallest absolute Gasteiger partial charge is 0.324 e. The molecule has 1 rings (SSSR count). The topological polar surface area (TPSA) is 38.9 Å². The number of halogens is 4. The van der Waals surface area contributed by atoms with Crippen LogP contribution < -0.4 is 5.73 Å². The van der Waals surface area contributed by atoms with Gasteiger partial charge in [0.15, 0.2) is 0 Å². The van der Waals surface area contributed by atoms with E-state index >= 15 is 0 Å². The predicted octanol–water partition coefficient (Wildman–Crippen LogP) is 3.08. The number of rotatable bonds is 3. The van der Waals surface area contributed by atoms with Gasteiger partial charge in [-0.25, -0.2) is 0 Å². The van der Waals surface area contributed by atoms with Crippen LogP contribution in [0.15, 0.2) is 18.5 Å². The molecule has 84 valence electrons. The maximum Gasteiger partial charge on any atom is 0.389 e. The van der Waals surface area contributed by atoms with Crippen molar-refractivity contribution >= 4 is 11.6 Å². The Morgan fingerprint density at radius 1 is 1.47 bits per heavy atom. The molecule has 0 amide bonds. The summed E-state index contributed by atoms with van der Waals surface area (Å²) < 4.78 is 35.8. The number of alkyl halides is 3. The molecule has 15 heavy (non-hydrogen) atoms. The number of hydrogen-bond acceptors (Lipinski definition) is 2. The maximum atomic E-state index is 11.9. The Kier molecular flexibility index (Phi) is 3.93. The second kappa shape index (κ2) is 4.81. The van der Waals surface area contributed by atoms with E-state index in [0.29, 0.717) is 10.6 Å². The molecule has 0 unspecified atom stereocenters. The summed E-state index contributed by atoms with van der Waals surface area (Å²) in [6, 6.07) is 0.825. The van der Waals surface area contributed by atoms with Gasteiger partial charge < -0.3 is 5.73 Å². The van der Waals surface area contributed by atoms with Crippen LogP contribution >= 0.6 is 11.6 Å². The second-order valence-corrected chi connectivity index (χ2v) is 3.56. The SMILES string of the molecule is N[C@@H](CCC(F)(F)F)c1ccncc1Cl. The van der Waals surface area contributed by atoms with Crippen molar-refractivity contribution in [2.45, 2.75) is 25.1 Å². The minimum Gasteiger partial charge on any atom is -0.324 e. The van der Waals surface area contributed by atoms with Gasteiger partial charge in [0.1, 0.15) is 0 Å². The largest absolute Gasteiger partial charge is 0.389 e. The summed E-state index contributed by atoms with van der Waals surface area (Å²) in [4.78, 5) is 3.73. The Hall–Kier alpha value is -0.810. The summed E-state index contributed by atoms with van der Waals surface area (Å²) in [5.74, 6) is 0. The molecule has 2 nitrogen and oxygen atoms in total. The average Bonchev–Trinajstić information content (AvgIpc) is 2.14. The molecule has 1 aromatic rings. The van der Waals surface area contributed by atoms with Crippen LogP contribution in [0, 0.1) is 0 Å². The summed E-state index contributed by atoms with van der Waals surface area (Å²) in [6.07, 6.45) is -2.45. The molecule has 0 saturated carbocycles. The lowest BCUT2D eigenvalue weighted by Crippen LogP contribution is -2.16. The third-order valence-corrected chi connectivity index (χ3v) is 2.26. The molecule has 0 radical (unpaired) electrons. The number of aromatic nitrogens is 1. The molecule has 2 N–H and O–H groups in total. The van der Waals surface area contributed by atoms with Crippen molar-refractivity contribution in [2.75, 3.05) is 0 Å². The highest BCUT2D eigenvalue weighted by Crippen LogP contribution is 2.28. The number of hydrogen-bond donors (Lipinski definition) is 1. The fourth-order valence-electron chi connectivity index (χ4n) is 1.16. The Labute approximate surface area is 90.3 Å². The standard InChI is InChI=1S/C9H10ClF3N2/c10-7-5-15-4-2-6(7)8(14)1-3-9(11,12)13/h2,4-5,8H,1,3,14H2/t8-/m0/s1. The van der Waals surface area contributed by atoms with Crippen LogP contribution in [0.2, 0.25) is 5.02 Å². The summed E-state index contributed by atoms with van der Waals surface area (Å²) in [7, 11) is 0. The Bertz CT molecular complexity index is 327. The average molecular weight is 239 g/mol. The van der Waals surface area contributed by atoms with E-state index in [4.69, 9.17) is 17.3 Å². The maximum absolute atomic E-state index is 11.9. The molecule has 0 aliphatic heterocycles. The van der Waals surface area contributed by atoms with Gasteiger partial charge in [-0.05, 0) is 18.1 Å². The van der Waals surface area contributed by atoms with Crippen molar-refractivity contribution < 1.29 is 13.2 Å². The predicted molar refractivity (Wildman–Crippen MR) is 51.5 cm³/mol. The molecular weight excluding hydrogens is 229 g/mol. The van der Waals surface area contributed by atoms with Gasteiger partial charge in [-0.2, -0.15) is 13.2 Å². The fraction of sp³-hybridized carbons (Fsp3) is 0.444. The van der Waals surface area contributed by atoms with Crippen LogP contribution in [0.4, 0.5) is 13.2 Å². The zero-order valence-corrected chi connectivity index (χ0v) is 8.52. The third-order valence-electron chi connectivity index (χ3n) is 1.94. The molecular formula is C9H10ClF3N2. The molecule has 1 atom stereocenters. The van der Waals surface area contributed by atoms with Crippen LogP contribution in [0.3, 0.4) is 0 Å². The van der Waals surface area contributed by atoms with Gasteiger partial charge in [0.05, 0.1) is 5.02 Å². The van der Waals surface area contributed by atoms with Crippen LogP contribution in [0.1, 0.15) is 24.4 Å². The van der Waals surface area contributed by atoms with E-state index in [1.807, 2.05) is 0 Å². The van der Waals surface area contributed by atoms with E-state index in [0.717, 1.165) is 0 Å². The Morgan fingerprint density at radius 2 is 2.13 bits per heavy atom. The van der Waals surface area contributed by atoms with Gasteiger partial charge in [-0.1, -0.05) is 11.6 Å². The zero-order chi connectivity index (χ0) is 11.5. The number of nitrogens with zero attached hydrogens (tertiary/aromatic N) is 1. The van der Waals surface area contributed by atoms with Gasteiger partial charge >= 0.3 is 6.18 Å². The van der Waals surface area contributed by atoms with Crippen molar-refractivity contribution in [2.24, 2.45) is 5.73 Å². The van der Waals surface area contributed by atoms with Crippen LogP contribution in [-0.2, 0) is 0 Å². The third kappa shape index (κ3) is 4.05. The Balaban J connectivity index is 2.62. The number of pyridine rings is 1. The molecule has 1 aromatic heterocycles. The molecule has 6 heteroatoms. The van der Waals surface area contributed by atoms with Crippen molar-refractivity contribution in [1.29, 1.82) is 0 Å². The van der Waals surface area contributed by atoms with E-state index in [9.17, 15) is 13.2 Å². The molecule has 0 aromatic carbocycles. The van der Waals surface area contributed by atoms with Crippen molar-refractivity contribution in [3.8, 4) is 0 Å². The highest BCUT2D eigenvalue weighted by Gasteiger charge is 2.28. The highest BCUT2D eigenvalue weighted by atomic mass is 35.5. The first-order chi connectivity index (χ1) is 6.90. The van der Waals surface area contributed by atoms with Gasteiger partial charge in [0, 0.05) is 24.9 Å². The molecule has 0 saturated heterocycles. The highest BCUT2D eigenvalue weighted by molar-refractivity contribution is 6.31.